The van der Waals surface area contributed by atoms with Crippen LogP contribution in [-0.2, 0) is 33.6 Å². The topological polar surface area (TPSA) is 112 Å². The lowest BCUT2D eigenvalue weighted by Gasteiger charge is -2.02. The lowest BCUT2D eigenvalue weighted by Crippen LogP contribution is -2.02. The molecule has 4 aromatic carbocycles. The molecule has 0 fully saturated rings. The third-order valence-electron chi connectivity index (χ3n) is 6.56. The van der Waals surface area contributed by atoms with Gasteiger partial charge >= 0.3 is 11.9 Å². The van der Waals surface area contributed by atoms with Crippen molar-refractivity contribution in [3.8, 4) is 0 Å². The standard InChI is InChI=1S/C9H7F3O2.C9H5F3O2.C9H9F3O.C9H7F3O/c2*10-6-3-1-5(2-4-7(13)14)8(11)9(6)12;2*10-7-4-3-6(2-1-5-13)8(11)9(7)12/h1,3H,2,4H2,(H,13,14);1-4H,(H,13,14);3-4,13H,1-2,5H2;3-5H,1-2H2/b;4-2+;;. The zero-order chi connectivity index (χ0) is 41.1. The normalized spacial score (nSPS) is 10.4. The summed E-state index contributed by atoms with van der Waals surface area (Å²) in [6, 6.07) is 7.53. The molecule has 4 aromatic rings. The van der Waals surface area contributed by atoms with Crippen molar-refractivity contribution < 1.29 is 82.4 Å². The molecule has 0 amide bonds. The smallest absolute Gasteiger partial charge is 0.328 e. The van der Waals surface area contributed by atoms with Crippen LogP contribution in [0, 0.1) is 69.8 Å². The summed E-state index contributed by atoms with van der Waals surface area (Å²) in [7, 11) is 0. The number of aliphatic carboxylic acids is 2. The minimum absolute atomic E-state index is 0.0194. The minimum atomic E-state index is -1.61. The molecule has 0 saturated carbocycles. The van der Waals surface area contributed by atoms with Gasteiger partial charge in [-0.3, -0.25) is 4.79 Å². The molecule has 3 N–H and O–H groups in total. The molecule has 0 unspecified atom stereocenters. The van der Waals surface area contributed by atoms with Gasteiger partial charge in [0.15, 0.2) is 69.8 Å². The summed E-state index contributed by atoms with van der Waals surface area (Å²) in [6.07, 6.45) is 2.34. The van der Waals surface area contributed by atoms with Crippen LogP contribution in [0.4, 0.5) is 52.7 Å². The third kappa shape index (κ3) is 14.8. The number of rotatable bonds is 11. The van der Waals surface area contributed by atoms with Gasteiger partial charge in [-0.05, 0) is 78.8 Å². The molecule has 54 heavy (non-hydrogen) atoms. The first-order valence-electron chi connectivity index (χ1n) is 15.1. The van der Waals surface area contributed by atoms with Gasteiger partial charge in [0.2, 0.25) is 0 Å². The van der Waals surface area contributed by atoms with E-state index in [0.29, 0.717) is 18.8 Å². The summed E-state index contributed by atoms with van der Waals surface area (Å²) in [5.41, 5.74) is -0.337. The highest BCUT2D eigenvalue weighted by Gasteiger charge is 2.15. The fourth-order valence-corrected chi connectivity index (χ4v) is 3.83. The maximum absolute atomic E-state index is 12.9. The number of aliphatic hydroxyl groups excluding tert-OH is 1. The Morgan fingerprint density at radius 2 is 0.907 bits per heavy atom. The van der Waals surface area contributed by atoms with Gasteiger partial charge in [0.1, 0.15) is 6.29 Å². The maximum Gasteiger partial charge on any atom is 0.328 e. The van der Waals surface area contributed by atoms with Crippen LogP contribution in [0.5, 0.6) is 0 Å². The highest BCUT2D eigenvalue weighted by molar-refractivity contribution is 5.85. The molecule has 0 spiro atoms. The van der Waals surface area contributed by atoms with Gasteiger partial charge < -0.3 is 20.1 Å². The first kappa shape index (κ1) is 46.4. The number of benzene rings is 4. The first-order chi connectivity index (χ1) is 25.4. The van der Waals surface area contributed by atoms with Crippen molar-refractivity contribution in [2.75, 3.05) is 6.61 Å². The summed E-state index contributed by atoms with van der Waals surface area (Å²) >= 11 is 0. The largest absolute Gasteiger partial charge is 0.481 e. The second-order valence-electron chi connectivity index (χ2n) is 10.4. The van der Waals surface area contributed by atoms with E-state index in [9.17, 15) is 67.1 Å². The number of carboxylic acids is 2. The van der Waals surface area contributed by atoms with E-state index < -0.39 is 81.7 Å². The molecule has 0 aliphatic heterocycles. The van der Waals surface area contributed by atoms with E-state index in [0.717, 1.165) is 48.5 Å². The molecule has 0 heterocycles. The van der Waals surface area contributed by atoms with Gasteiger partial charge in [-0.1, -0.05) is 18.2 Å². The van der Waals surface area contributed by atoms with Gasteiger partial charge in [-0.25, -0.2) is 57.5 Å². The summed E-state index contributed by atoms with van der Waals surface area (Å²) in [4.78, 5) is 30.2. The lowest BCUT2D eigenvalue weighted by molar-refractivity contribution is -0.137. The van der Waals surface area contributed by atoms with Crippen molar-refractivity contribution in [3.05, 3.63) is 147 Å². The Kier molecular flexibility index (Phi) is 19.8. The Morgan fingerprint density at radius 1 is 0.519 bits per heavy atom. The first-order valence-corrected chi connectivity index (χ1v) is 15.1. The van der Waals surface area contributed by atoms with E-state index in [-0.39, 0.29) is 61.0 Å². The van der Waals surface area contributed by atoms with Crippen LogP contribution in [0.15, 0.2) is 54.6 Å². The van der Waals surface area contributed by atoms with Crippen LogP contribution in [0.2, 0.25) is 0 Å². The number of aliphatic hydroxyl groups is 1. The second-order valence-corrected chi connectivity index (χ2v) is 10.4. The Bertz CT molecular complexity index is 1940. The van der Waals surface area contributed by atoms with Crippen molar-refractivity contribution >= 4 is 24.3 Å². The Morgan fingerprint density at radius 3 is 1.30 bits per heavy atom. The van der Waals surface area contributed by atoms with Gasteiger partial charge in [-0.15, -0.1) is 0 Å². The summed E-state index contributed by atoms with van der Waals surface area (Å²) in [5, 5.41) is 25.0. The number of halogens is 12. The highest BCUT2D eigenvalue weighted by Crippen LogP contribution is 2.19. The molecule has 0 bridgehead atoms. The van der Waals surface area contributed by atoms with Gasteiger partial charge in [0.25, 0.3) is 0 Å². The highest BCUT2D eigenvalue weighted by atomic mass is 19.2. The summed E-state index contributed by atoms with van der Waals surface area (Å²) < 4.78 is 152. The van der Waals surface area contributed by atoms with Crippen molar-refractivity contribution in [1.82, 2.24) is 0 Å². The predicted molar refractivity (Wildman–Crippen MR) is 168 cm³/mol. The number of carboxylic acid groups (broad SMARTS) is 2. The Labute approximate surface area is 298 Å². The van der Waals surface area contributed by atoms with E-state index in [1.807, 2.05) is 0 Å². The van der Waals surface area contributed by atoms with Crippen LogP contribution in [0.25, 0.3) is 6.08 Å². The van der Waals surface area contributed by atoms with Crippen LogP contribution < -0.4 is 0 Å². The third-order valence-corrected chi connectivity index (χ3v) is 6.56. The fourth-order valence-electron chi connectivity index (χ4n) is 3.83. The van der Waals surface area contributed by atoms with Crippen molar-refractivity contribution in [3.63, 3.8) is 0 Å². The van der Waals surface area contributed by atoms with E-state index in [1.54, 1.807) is 0 Å². The Balaban J connectivity index is 0.000000360. The van der Waals surface area contributed by atoms with Crippen LogP contribution in [0.1, 0.15) is 41.5 Å². The van der Waals surface area contributed by atoms with Gasteiger partial charge in [0.05, 0.1) is 0 Å². The van der Waals surface area contributed by atoms with E-state index in [2.05, 4.69) is 0 Å². The quantitative estimate of drug-likeness (QED) is 0.0609. The van der Waals surface area contributed by atoms with Crippen molar-refractivity contribution in [2.45, 2.75) is 38.5 Å². The predicted octanol–water partition coefficient (Wildman–Crippen LogP) is 8.59. The number of hydrogen-bond donors (Lipinski definition) is 3. The number of carbonyl (C=O) groups is 3. The second kappa shape index (κ2) is 23.1. The monoisotopic (exact) mass is 784 g/mol. The molecule has 0 aromatic heterocycles. The molecular weight excluding hydrogens is 756 g/mol. The number of aryl methyl sites for hydroxylation is 3. The number of carbonyl (C=O) groups excluding carboxylic acids is 1. The average Bonchev–Trinajstić information content (AvgIpc) is 3.13. The molecule has 0 atom stereocenters. The molecule has 18 heteroatoms. The average molecular weight is 785 g/mol. The molecular formula is C36H28F12O6. The molecule has 0 radical (unpaired) electrons. The van der Waals surface area contributed by atoms with E-state index in [4.69, 9.17) is 15.3 Å². The lowest BCUT2D eigenvalue weighted by atomic mass is 10.1. The van der Waals surface area contributed by atoms with Crippen LogP contribution in [0.3, 0.4) is 0 Å². The summed E-state index contributed by atoms with van der Waals surface area (Å²) in [6.45, 7) is -0.0988. The summed E-state index contributed by atoms with van der Waals surface area (Å²) in [5.74, 6) is -18.6. The Hall–Kier alpha value is -5.65. The molecule has 292 valence electrons. The van der Waals surface area contributed by atoms with Crippen molar-refractivity contribution in [2.24, 2.45) is 0 Å². The number of hydrogen-bond acceptors (Lipinski definition) is 4. The fraction of sp³-hybridized carbons (Fsp3) is 0.194. The van der Waals surface area contributed by atoms with Gasteiger partial charge in [0, 0.05) is 31.1 Å². The SMILES string of the molecule is O=C(O)/C=C/c1ccc(F)c(F)c1F.O=C(O)CCc1ccc(F)c(F)c1F.O=CCCc1ccc(F)c(F)c1F.OCCCc1ccc(F)c(F)c1F. The van der Waals surface area contributed by atoms with E-state index in [1.165, 1.54) is 6.07 Å². The zero-order valence-electron chi connectivity index (χ0n) is 27.4. The van der Waals surface area contributed by atoms with Crippen LogP contribution >= 0.6 is 0 Å². The molecule has 0 saturated heterocycles. The minimum Gasteiger partial charge on any atom is -0.481 e. The van der Waals surface area contributed by atoms with Crippen molar-refractivity contribution in [1.29, 1.82) is 0 Å². The molecule has 6 nitrogen and oxygen atoms in total. The maximum atomic E-state index is 12.9. The molecule has 4 rings (SSSR count). The van der Waals surface area contributed by atoms with E-state index >= 15 is 0 Å². The van der Waals surface area contributed by atoms with Crippen LogP contribution in [-0.4, -0.2) is 40.2 Å². The zero-order valence-corrected chi connectivity index (χ0v) is 27.4. The molecule has 0 aliphatic carbocycles. The molecule has 0 aliphatic rings. The van der Waals surface area contributed by atoms with Gasteiger partial charge in [-0.2, -0.15) is 0 Å². The number of aldehydes is 1.